The zero-order chi connectivity index (χ0) is 49.6. The highest BCUT2D eigenvalue weighted by atomic mass is 32.2. The van der Waals surface area contributed by atoms with Crippen molar-refractivity contribution in [3.63, 3.8) is 0 Å². The van der Waals surface area contributed by atoms with E-state index in [0.717, 1.165) is 35.7 Å². The molecule has 11 nitrogen and oxygen atoms in total. The molecule has 0 aliphatic heterocycles. The number of carbonyl (C=O) groups excluding carboxylic acids is 2. The summed E-state index contributed by atoms with van der Waals surface area (Å²) in [4.78, 5) is 26.5. The molecule has 358 valence electrons. The number of methoxy groups -OCH3 is 2. The Morgan fingerprint density at radius 2 is 1.06 bits per heavy atom. The Bertz CT molecular complexity index is 3200. The maximum absolute atomic E-state index is 11.8. The lowest BCUT2D eigenvalue weighted by Crippen LogP contribution is -2.26. The fraction of sp³-hybridized carbons (Fsp3) is 0.196. The third-order valence-corrected chi connectivity index (χ3v) is 14.6. The minimum Gasteiger partial charge on any atom is -0.497 e. The van der Waals surface area contributed by atoms with Crippen LogP contribution in [0.3, 0.4) is 0 Å². The van der Waals surface area contributed by atoms with Gasteiger partial charge in [-0.3, -0.25) is 9.59 Å². The molecule has 0 amide bonds. The quantitative estimate of drug-likeness (QED) is 0.0605. The molecule has 0 unspecified atom stereocenters. The van der Waals surface area contributed by atoms with E-state index in [2.05, 4.69) is 92.8 Å². The Hall–Kier alpha value is -7.28. The molecular weight excluding hydrogens is 909 g/mol. The van der Waals surface area contributed by atoms with Crippen LogP contribution in [0.4, 0.5) is 0 Å². The lowest BCUT2D eigenvalue weighted by Gasteiger charge is -2.33. The summed E-state index contributed by atoms with van der Waals surface area (Å²) in [7, 11) is -3.43. The van der Waals surface area contributed by atoms with E-state index in [0.29, 0.717) is 22.3 Å². The van der Waals surface area contributed by atoms with E-state index in [1.807, 2.05) is 36.4 Å². The van der Waals surface area contributed by atoms with Crippen molar-refractivity contribution in [1.29, 1.82) is 0 Å². The van der Waals surface area contributed by atoms with Crippen LogP contribution in [0.2, 0.25) is 0 Å². The first-order chi connectivity index (χ1) is 32.2. The summed E-state index contributed by atoms with van der Waals surface area (Å²) in [6.45, 7) is 10.4. The molecule has 0 atom stereocenters. The van der Waals surface area contributed by atoms with E-state index in [1.54, 1.807) is 56.7 Å². The van der Waals surface area contributed by atoms with Crippen LogP contribution in [0.15, 0.2) is 169 Å². The van der Waals surface area contributed by atoms with E-state index in [9.17, 15) is 31.5 Å². The standard InChI is InChI=1S/C32H34O3.C12H10O3S.C11H8N2O3S.CH4.H2/c1-31(2,24-8-6-23(22-33)7-9-24)25-10-12-26(13-11-25)32(3,27-14-18-29(34-4)19-15-27)28-16-20-30(35-5)21-17-28;1-8-6-7-9-10(12(8)13)4-3-5-11(9)16(2,14)15;1-17(15,16)10-6-9(13-12)11(14)8-5-3-2-4-7(8)10;;/h6-21,33H,22H2,1-5H3;3-7H,1H2,2H3;2-6H,1H3;1H4;1H. The smallest absolute Gasteiger partial charge is 0.364 e. The zero-order valence-corrected chi connectivity index (χ0v) is 40.5. The number of ketones is 2. The van der Waals surface area contributed by atoms with Crippen LogP contribution in [0.5, 0.6) is 11.5 Å². The van der Waals surface area contributed by atoms with Gasteiger partial charge in [0, 0.05) is 52.6 Å². The van der Waals surface area contributed by atoms with Crippen molar-refractivity contribution in [2.45, 2.75) is 50.5 Å². The van der Waals surface area contributed by atoms with Crippen LogP contribution in [-0.4, -0.2) is 70.7 Å². The molecule has 0 saturated heterocycles. The first-order valence-electron chi connectivity index (χ1n) is 21.3. The Labute approximate surface area is 407 Å². The number of aliphatic hydroxyl groups is 1. The summed E-state index contributed by atoms with van der Waals surface area (Å²) < 4.78 is 57.1. The molecule has 0 bridgehead atoms. The van der Waals surface area contributed by atoms with Gasteiger partial charge in [0.15, 0.2) is 25.5 Å². The SMILES string of the molecule is C.C=C1C=Cc2c(cccc2S(C)(=O)=O)C1=O.COc1ccc(C(C)(c2ccc(OC)cc2)c2ccc(C(C)(C)c3ccc(CO)cc3)cc2)cc1.CS(=O)(=O)C1=CC(=[N+]=[N-])C(=O)c2ccccc21.[HH]. The van der Waals surface area contributed by atoms with Crippen molar-refractivity contribution in [3.05, 3.63) is 225 Å². The number of fused-ring (bicyclic) bond motifs is 2. The number of sulfone groups is 2. The van der Waals surface area contributed by atoms with Gasteiger partial charge in [-0.1, -0.05) is 149 Å². The van der Waals surface area contributed by atoms with Gasteiger partial charge in [0.05, 0.1) is 36.7 Å². The lowest BCUT2D eigenvalue weighted by molar-refractivity contribution is -0.00437. The molecule has 2 aliphatic carbocycles. The van der Waals surface area contributed by atoms with Crippen molar-refractivity contribution in [3.8, 4) is 11.5 Å². The summed E-state index contributed by atoms with van der Waals surface area (Å²) in [5.74, 6) is 0.976. The predicted molar refractivity (Wildman–Crippen MR) is 276 cm³/mol. The van der Waals surface area contributed by atoms with Gasteiger partial charge in [-0.25, -0.2) is 16.8 Å². The molecule has 6 aromatic carbocycles. The molecule has 1 N–H and O–H groups in total. The highest BCUT2D eigenvalue weighted by Crippen LogP contribution is 2.41. The van der Waals surface area contributed by atoms with Crippen LogP contribution in [0.25, 0.3) is 16.5 Å². The van der Waals surface area contributed by atoms with Crippen LogP contribution in [0.1, 0.15) is 94.8 Å². The van der Waals surface area contributed by atoms with Crippen LogP contribution in [0, 0.1) is 0 Å². The first-order valence-corrected chi connectivity index (χ1v) is 25.1. The maximum atomic E-state index is 11.8. The summed E-state index contributed by atoms with van der Waals surface area (Å²) in [6.07, 6.45) is 6.42. The number of carbonyl (C=O) groups is 2. The molecular formula is C56H58N2O9S2. The van der Waals surface area contributed by atoms with Crippen LogP contribution < -0.4 is 9.47 Å². The Morgan fingerprint density at radius 3 is 1.51 bits per heavy atom. The maximum Gasteiger partial charge on any atom is 0.364 e. The minimum atomic E-state index is -3.49. The number of aliphatic hydroxyl groups excluding tert-OH is 1. The molecule has 2 aliphatic rings. The fourth-order valence-electron chi connectivity index (χ4n) is 8.11. The molecule has 0 spiro atoms. The average Bonchev–Trinajstić information content (AvgIpc) is 3.34. The van der Waals surface area contributed by atoms with Gasteiger partial charge in [0.25, 0.3) is 5.78 Å². The molecule has 8 rings (SSSR count). The number of nitrogens with zero attached hydrogens (tertiary/aromatic N) is 2. The Morgan fingerprint density at radius 1 is 0.609 bits per heavy atom. The van der Waals surface area contributed by atoms with E-state index < -0.39 is 25.5 Å². The monoisotopic (exact) mass is 966 g/mol. The number of hydrogen-bond donors (Lipinski definition) is 1. The topological polar surface area (TPSA) is 178 Å². The third-order valence-electron chi connectivity index (χ3n) is 12.3. The second kappa shape index (κ2) is 21.3. The Kier molecular flexibility index (Phi) is 16.3. The second-order valence-corrected chi connectivity index (χ2v) is 20.9. The highest BCUT2D eigenvalue weighted by Gasteiger charge is 2.34. The van der Waals surface area contributed by atoms with Gasteiger partial charge in [-0.15, -0.1) is 0 Å². The van der Waals surface area contributed by atoms with Gasteiger partial charge in [0.1, 0.15) is 11.5 Å². The normalized spacial score (nSPS) is 13.2. The zero-order valence-electron chi connectivity index (χ0n) is 38.8. The van der Waals surface area contributed by atoms with E-state index in [4.69, 9.17) is 15.0 Å². The molecule has 0 fully saturated rings. The number of allylic oxidation sites excluding steroid dienone is 3. The predicted octanol–water partition coefficient (Wildman–Crippen LogP) is 10.6. The fourth-order valence-corrected chi connectivity index (χ4v) is 9.92. The van der Waals surface area contributed by atoms with Crippen molar-refractivity contribution >= 4 is 47.9 Å². The molecule has 13 heteroatoms. The highest BCUT2D eigenvalue weighted by molar-refractivity contribution is 8.00. The molecule has 0 heterocycles. The summed E-state index contributed by atoms with van der Waals surface area (Å²) >= 11 is 0. The molecule has 69 heavy (non-hydrogen) atoms. The van der Waals surface area contributed by atoms with Crippen molar-refractivity contribution in [1.82, 2.24) is 0 Å². The van der Waals surface area contributed by atoms with Crippen molar-refractivity contribution in [2.24, 2.45) is 0 Å². The van der Waals surface area contributed by atoms with Gasteiger partial charge in [-0.05, 0) is 70.6 Å². The number of benzene rings is 6. The lowest BCUT2D eigenvalue weighted by atomic mass is 9.70. The van der Waals surface area contributed by atoms with E-state index in [1.165, 1.54) is 39.9 Å². The number of rotatable bonds is 10. The summed E-state index contributed by atoms with van der Waals surface area (Å²) in [5.41, 5.74) is 16.7. The van der Waals surface area contributed by atoms with Crippen LogP contribution in [-0.2, 0) is 37.1 Å². The van der Waals surface area contributed by atoms with E-state index >= 15 is 0 Å². The van der Waals surface area contributed by atoms with Crippen molar-refractivity contribution < 1.29 is 47.2 Å². The summed E-state index contributed by atoms with van der Waals surface area (Å²) in [6, 6.07) is 44.8. The van der Waals surface area contributed by atoms with Gasteiger partial charge in [-0.2, -0.15) is 4.79 Å². The molecule has 0 radical (unpaired) electrons. The Balaban J connectivity index is 0.000000254. The number of ether oxygens (including phenoxy) is 2. The number of Topliss-reactive ketones (excluding diaryl/α,β-unsaturated/α-hetero) is 2. The number of hydrogen-bond acceptors (Lipinski definition) is 9. The molecule has 0 aromatic heterocycles. The van der Waals surface area contributed by atoms with E-state index in [-0.39, 0.29) is 53.1 Å². The minimum absolute atomic E-state index is 0. The molecule has 0 saturated carbocycles. The molecule has 6 aromatic rings. The van der Waals surface area contributed by atoms with Gasteiger partial charge in [0.2, 0.25) is 0 Å². The third kappa shape index (κ3) is 11.2. The van der Waals surface area contributed by atoms with Gasteiger partial charge < -0.3 is 20.1 Å². The van der Waals surface area contributed by atoms with Crippen LogP contribution >= 0.6 is 0 Å². The average molecular weight is 967 g/mol. The van der Waals surface area contributed by atoms with Gasteiger partial charge >= 0.3 is 5.71 Å². The second-order valence-electron chi connectivity index (χ2n) is 17.0. The van der Waals surface area contributed by atoms with Crippen molar-refractivity contribution in [2.75, 3.05) is 26.7 Å². The summed E-state index contributed by atoms with van der Waals surface area (Å²) in [5, 5.41) is 9.39. The largest absolute Gasteiger partial charge is 0.497 e. The first kappa shape index (κ1) is 52.7.